The molecule has 0 aliphatic heterocycles. The predicted molar refractivity (Wildman–Crippen MR) is 75.9 cm³/mol. The number of rotatable bonds is 3. The summed E-state index contributed by atoms with van der Waals surface area (Å²) in [5.74, 6) is 0. The molecule has 0 aromatic heterocycles. The lowest BCUT2D eigenvalue weighted by Gasteiger charge is -2.26. The summed E-state index contributed by atoms with van der Waals surface area (Å²) in [6.07, 6.45) is -2.77. The van der Waals surface area contributed by atoms with Gasteiger partial charge in [-0.2, -0.15) is 13.2 Å². The molecule has 0 radical (unpaired) electrons. The monoisotopic (exact) mass is 291 g/mol. The largest absolute Gasteiger partial charge is 0.407 e. The number of aryl methyl sites for hydroxylation is 1. The van der Waals surface area contributed by atoms with E-state index in [1.165, 1.54) is 12.1 Å². The van der Waals surface area contributed by atoms with Crippen LogP contribution in [0.1, 0.15) is 35.2 Å². The lowest BCUT2D eigenvalue weighted by Crippen LogP contribution is -2.36. The molecule has 21 heavy (non-hydrogen) atoms. The molecule has 110 valence electrons. The van der Waals surface area contributed by atoms with Crippen molar-refractivity contribution >= 4 is 0 Å². The van der Waals surface area contributed by atoms with Crippen molar-refractivity contribution in [1.29, 1.82) is 0 Å². The topological polar surface area (TPSA) is 12.0 Å². The molecule has 1 N–H and O–H groups in total. The van der Waals surface area contributed by atoms with E-state index >= 15 is 0 Å². The van der Waals surface area contributed by atoms with Crippen LogP contribution in [0, 0.1) is 0 Å². The van der Waals surface area contributed by atoms with E-state index in [0.29, 0.717) is 6.42 Å². The first-order valence-electron chi connectivity index (χ1n) is 7.01. The first-order chi connectivity index (χ1) is 10.1. The molecule has 1 aliphatic rings. The molecule has 2 aromatic carbocycles. The molecule has 0 fully saturated rings. The van der Waals surface area contributed by atoms with Gasteiger partial charge in [0.2, 0.25) is 0 Å². The molecule has 0 spiro atoms. The third-order valence-electron chi connectivity index (χ3n) is 3.96. The summed E-state index contributed by atoms with van der Waals surface area (Å²) in [7, 11) is 0. The van der Waals surface area contributed by atoms with E-state index < -0.39 is 12.2 Å². The molecule has 0 saturated heterocycles. The normalized spacial score (nSPS) is 19.3. The van der Waals surface area contributed by atoms with E-state index in [2.05, 4.69) is 5.32 Å². The fourth-order valence-electron chi connectivity index (χ4n) is 2.96. The van der Waals surface area contributed by atoms with Gasteiger partial charge in [-0.1, -0.05) is 54.6 Å². The first kappa shape index (κ1) is 14.1. The number of alkyl halides is 3. The van der Waals surface area contributed by atoms with Crippen LogP contribution in [0.25, 0.3) is 0 Å². The summed E-state index contributed by atoms with van der Waals surface area (Å²) in [6, 6.07) is 13.9. The summed E-state index contributed by atoms with van der Waals surface area (Å²) in [4.78, 5) is 0. The van der Waals surface area contributed by atoms with Gasteiger partial charge in [0.15, 0.2) is 0 Å². The lowest BCUT2D eigenvalue weighted by molar-refractivity contribution is -0.159. The highest BCUT2D eigenvalue weighted by Gasteiger charge is 2.42. The maximum absolute atomic E-state index is 13.4. The quantitative estimate of drug-likeness (QED) is 0.873. The molecule has 3 rings (SSSR count). The fourth-order valence-corrected chi connectivity index (χ4v) is 2.96. The maximum atomic E-state index is 13.4. The van der Waals surface area contributed by atoms with E-state index in [0.717, 1.165) is 17.5 Å². The van der Waals surface area contributed by atoms with Gasteiger partial charge in [-0.25, -0.2) is 0 Å². The van der Waals surface area contributed by atoms with Crippen molar-refractivity contribution in [3.05, 3.63) is 71.3 Å². The summed E-state index contributed by atoms with van der Waals surface area (Å²) in [5, 5.41) is 2.80. The van der Waals surface area contributed by atoms with Crippen molar-refractivity contribution in [1.82, 2.24) is 5.32 Å². The molecule has 1 nitrogen and oxygen atoms in total. The molecular formula is C17H16F3N. The fraction of sp³-hybridized carbons (Fsp3) is 0.294. The highest BCUT2D eigenvalue weighted by atomic mass is 19.4. The molecule has 4 heteroatoms. The Labute approximate surface area is 121 Å². The number of hydrogen-bond acceptors (Lipinski definition) is 1. The van der Waals surface area contributed by atoms with Crippen LogP contribution in [0.3, 0.4) is 0 Å². The van der Waals surface area contributed by atoms with E-state index in [4.69, 9.17) is 0 Å². The smallest absolute Gasteiger partial charge is 0.296 e. The molecule has 0 heterocycles. The van der Waals surface area contributed by atoms with Crippen LogP contribution >= 0.6 is 0 Å². The van der Waals surface area contributed by atoms with Crippen LogP contribution in [-0.4, -0.2) is 6.18 Å². The molecular weight excluding hydrogens is 275 g/mol. The first-order valence-corrected chi connectivity index (χ1v) is 7.01. The summed E-state index contributed by atoms with van der Waals surface area (Å²) >= 11 is 0. The standard InChI is InChI=1S/C17H16F3N/c18-17(19,20)16(13-7-2-1-3-8-13)21-15-11-10-12-6-4-5-9-14(12)15/h1-9,15-16,21H,10-11H2. The summed E-state index contributed by atoms with van der Waals surface area (Å²) in [6.45, 7) is 0. The highest BCUT2D eigenvalue weighted by Crippen LogP contribution is 2.38. The molecule has 0 amide bonds. The number of benzene rings is 2. The Bertz CT molecular complexity index is 607. The Kier molecular flexibility index (Phi) is 3.72. The van der Waals surface area contributed by atoms with Crippen LogP contribution < -0.4 is 5.32 Å². The minimum Gasteiger partial charge on any atom is -0.296 e. The second kappa shape index (κ2) is 5.53. The molecule has 2 unspecified atom stereocenters. The Morgan fingerprint density at radius 2 is 1.62 bits per heavy atom. The lowest BCUT2D eigenvalue weighted by atomic mass is 10.0. The van der Waals surface area contributed by atoms with Crippen molar-refractivity contribution in [2.75, 3.05) is 0 Å². The van der Waals surface area contributed by atoms with Crippen LogP contribution in [0.15, 0.2) is 54.6 Å². The van der Waals surface area contributed by atoms with E-state index in [1.54, 1.807) is 18.2 Å². The second-order valence-corrected chi connectivity index (χ2v) is 5.34. The minimum absolute atomic E-state index is 0.243. The van der Waals surface area contributed by atoms with Gasteiger partial charge in [-0.15, -0.1) is 0 Å². The number of halogens is 3. The van der Waals surface area contributed by atoms with Crippen LogP contribution in [0.5, 0.6) is 0 Å². The van der Waals surface area contributed by atoms with Gasteiger partial charge in [-0.05, 0) is 29.5 Å². The zero-order valence-electron chi connectivity index (χ0n) is 11.4. The second-order valence-electron chi connectivity index (χ2n) is 5.34. The van der Waals surface area contributed by atoms with E-state index in [1.807, 2.05) is 24.3 Å². The van der Waals surface area contributed by atoms with Crippen LogP contribution in [-0.2, 0) is 6.42 Å². The molecule has 2 atom stereocenters. The summed E-state index contributed by atoms with van der Waals surface area (Å²) in [5.41, 5.74) is 2.39. The van der Waals surface area contributed by atoms with Gasteiger partial charge >= 0.3 is 6.18 Å². The van der Waals surface area contributed by atoms with Crippen molar-refractivity contribution in [3.8, 4) is 0 Å². The number of nitrogens with one attached hydrogen (secondary N) is 1. The Morgan fingerprint density at radius 1 is 0.952 bits per heavy atom. The summed E-state index contributed by atoms with van der Waals surface area (Å²) < 4.78 is 40.1. The van der Waals surface area contributed by atoms with Crippen LogP contribution in [0.2, 0.25) is 0 Å². The Morgan fingerprint density at radius 3 is 2.33 bits per heavy atom. The predicted octanol–water partition coefficient (Wildman–Crippen LogP) is 4.57. The van der Waals surface area contributed by atoms with Gasteiger partial charge in [0.1, 0.15) is 6.04 Å². The zero-order chi connectivity index (χ0) is 14.9. The van der Waals surface area contributed by atoms with Gasteiger partial charge in [-0.3, -0.25) is 5.32 Å². The molecule has 2 aromatic rings. The average molecular weight is 291 g/mol. The molecule has 0 saturated carbocycles. The van der Waals surface area contributed by atoms with Crippen molar-refractivity contribution < 1.29 is 13.2 Å². The average Bonchev–Trinajstić information content (AvgIpc) is 2.88. The highest BCUT2D eigenvalue weighted by molar-refractivity contribution is 5.35. The van der Waals surface area contributed by atoms with Gasteiger partial charge < -0.3 is 0 Å². The Hall–Kier alpha value is -1.81. The zero-order valence-corrected chi connectivity index (χ0v) is 11.4. The number of fused-ring (bicyclic) bond motifs is 1. The Balaban J connectivity index is 1.87. The van der Waals surface area contributed by atoms with Crippen molar-refractivity contribution in [3.63, 3.8) is 0 Å². The van der Waals surface area contributed by atoms with Gasteiger partial charge in [0, 0.05) is 6.04 Å². The maximum Gasteiger partial charge on any atom is 0.407 e. The SMILES string of the molecule is FC(F)(F)C(NC1CCc2ccccc21)c1ccccc1. The van der Waals surface area contributed by atoms with Crippen LogP contribution in [0.4, 0.5) is 13.2 Å². The third-order valence-corrected chi connectivity index (χ3v) is 3.96. The van der Waals surface area contributed by atoms with Gasteiger partial charge in [0.25, 0.3) is 0 Å². The van der Waals surface area contributed by atoms with E-state index in [-0.39, 0.29) is 11.6 Å². The molecule has 0 bridgehead atoms. The number of hydrogen-bond donors (Lipinski definition) is 1. The minimum atomic E-state index is -4.31. The van der Waals surface area contributed by atoms with E-state index in [9.17, 15) is 13.2 Å². The van der Waals surface area contributed by atoms with Crippen molar-refractivity contribution in [2.45, 2.75) is 31.1 Å². The van der Waals surface area contributed by atoms with Gasteiger partial charge in [0.05, 0.1) is 0 Å². The van der Waals surface area contributed by atoms with Crippen molar-refractivity contribution in [2.24, 2.45) is 0 Å². The third kappa shape index (κ3) is 2.95. The molecule has 1 aliphatic carbocycles.